The second kappa shape index (κ2) is 15.7. The molecule has 1 aromatic rings. The van der Waals surface area contributed by atoms with Crippen molar-refractivity contribution in [3.8, 4) is 5.75 Å². The Morgan fingerprint density at radius 2 is 1.97 bits per heavy atom. The second-order valence-corrected chi connectivity index (χ2v) is 7.57. The first-order valence-electron chi connectivity index (χ1n) is 10.7. The van der Waals surface area contributed by atoms with Crippen molar-refractivity contribution < 1.29 is 9.47 Å². The number of halogens is 1. The van der Waals surface area contributed by atoms with Crippen molar-refractivity contribution in [3.05, 3.63) is 29.8 Å². The smallest absolute Gasteiger partial charge is 0.191 e. The molecule has 0 radical (unpaired) electrons. The SMILES string of the molecule is CN=C(NCCN(C)CCCOC)NCC(c1cccc(OC)c1)N1CCCC1.I. The molecule has 30 heavy (non-hydrogen) atoms. The Balaban J connectivity index is 0.00000450. The molecule has 1 heterocycles. The molecule has 0 saturated carbocycles. The molecule has 0 amide bonds. The van der Waals surface area contributed by atoms with Gasteiger partial charge in [-0.15, -0.1) is 24.0 Å². The maximum Gasteiger partial charge on any atom is 0.191 e. The molecule has 1 fully saturated rings. The molecule has 0 bridgehead atoms. The fraction of sp³-hybridized carbons (Fsp3) is 0.682. The van der Waals surface area contributed by atoms with Crippen molar-refractivity contribution in [2.24, 2.45) is 4.99 Å². The van der Waals surface area contributed by atoms with Crippen LogP contribution in [-0.2, 0) is 4.74 Å². The molecule has 1 aliphatic rings. The first-order valence-corrected chi connectivity index (χ1v) is 10.7. The van der Waals surface area contributed by atoms with Gasteiger partial charge in [0.25, 0.3) is 0 Å². The molecule has 2 rings (SSSR count). The molecular weight excluding hydrogens is 493 g/mol. The summed E-state index contributed by atoms with van der Waals surface area (Å²) in [6.07, 6.45) is 3.59. The highest BCUT2D eigenvalue weighted by atomic mass is 127. The molecule has 1 aromatic carbocycles. The zero-order chi connectivity index (χ0) is 20.9. The van der Waals surface area contributed by atoms with Gasteiger partial charge in [-0.25, -0.2) is 0 Å². The Morgan fingerprint density at radius 3 is 2.63 bits per heavy atom. The molecule has 1 aliphatic heterocycles. The second-order valence-electron chi connectivity index (χ2n) is 7.57. The third-order valence-corrected chi connectivity index (χ3v) is 5.42. The molecule has 7 nitrogen and oxygen atoms in total. The lowest BCUT2D eigenvalue weighted by atomic mass is 10.1. The van der Waals surface area contributed by atoms with E-state index in [0.29, 0.717) is 6.04 Å². The van der Waals surface area contributed by atoms with E-state index in [1.165, 1.54) is 18.4 Å². The van der Waals surface area contributed by atoms with Crippen LogP contribution in [0, 0.1) is 0 Å². The van der Waals surface area contributed by atoms with Crippen molar-refractivity contribution >= 4 is 29.9 Å². The molecule has 1 atom stereocenters. The van der Waals surface area contributed by atoms with Gasteiger partial charge < -0.3 is 25.0 Å². The lowest BCUT2D eigenvalue weighted by Gasteiger charge is -2.29. The summed E-state index contributed by atoms with van der Waals surface area (Å²) in [7, 11) is 7.44. The van der Waals surface area contributed by atoms with Crippen molar-refractivity contribution in [3.63, 3.8) is 0 Å². The molecular formula is C22H40IN5O2. The number of ether oxygens (including phenoxy) is 2. The Bertz CT molecular complexity index is 611. The molecule has 0 aromatic heterocycles. The predicted molar refractivity (Wildman–Crippen MR) is 135 cm³/mol. The van der Waals surface area contributed by atoms with Crippen molar-refractivity contribution in [1.29, 1.82) is 0 Å². The zero-order valence-corrected chi connectivity index (χ0v) is 21.4. The largest absolute Gasteiger partial charge is 0.497 e. The Labute approximate surface area is 199 Å². The van der Waals surface area contributed by atoms with E-state index in [1.54, 1.807) is 14.2 Å². The number of nitrogens with one attached hydrogen (secondary N) is 2. The van der Waals surface area contributed by atoms with E-state index in [1.807, 2.05) is 13.1 Å². The number of benzene rings is 1. The van der Waals surface area contributed by atoms with Crippen LogP contribution < -0.4 is 15.4 Å². The molecule has 172 valence electrons. The van der Waals surface area contributed by atoms with Crippen LogP contribution in [0.1, 0.15) is 30.9 Å². The van der Waals surface area contributed by atoms with Crippen LogP contribution in [0.25, 0.3) is 0 Å². The molecule has 0 aliphatic carbocycles. The minimum atomic E-state index is 0. The molecule has 1 saturated heterocycles. The van der Waals surface area contributed by atoms with Crippen LogP contribution in [0.3, 0.4) is 0 Å². The summed E-state index contributed by atoms with van der Waals surface area (Å²) >= 11 is 0. The third-order valence-electron chi connectivity index (χ3n) is 5.42. The van der Waals surface area contributed by atoms with Crippen molar-refractivity contribution in [1.82, 2.24) is 20.4 Å². The van der Waals surface area contributed by atoms with Crippen LogP contribution in [-0.4, -0.2) is 89.9 Å². The first kappa shape index (κ1) is 26.9. The van der Waals surface area contributed by atoms with Crippen molar-refractivity contribution in [2.75, 3.05) is 74.2 Å². The summed E-state index contributed by atoms with van der Waals surface area (Å²) in [5, 5.41) is 6.96. The number of guanidine groups is 1. The number of likely N-dealkylation sites (tertiary alicyclic amines) is 1. The van der Waals surface area contributed by atoms with E-state index in [9.17, 15) is 0 Å². The average Bonchev–Trinajstić information content (AvgIpc) is 3.27. The lowest BCUT2D eigenvalue weighted by Crippen LogP contribution is -2.44. The quantitative estimate of drug-likeness (QED) is 0.187. The number of hydrogen-bond donors (Lipinski definition) is 2. The molecule has 1 unspecified atom stereocenters. The van der Waals surface area contributed by atoms with Gasteiger partial charge >= 0.3 is 0 Å². The van der Waals surface area contributed by atoms with E-state index in [0.717, 1.165) is 64.0 Å². The average molecular weight is 533 g/mol. The summed E-state index contributed by atoms with van der Waals surface area (Å²) in [6.45, 7) is 6.77. The molecule has 2 N–H and O–H groups in total. The Morgan fingerprint density at radius 1 is 1.20 bits per heavy atom. The lowest BCUT2D eigenvalue weighted by molar-refractivity contribution is 0.180. The zero-order valence-electron chi connectivity index (χ0n) is 19.0. The number of hydrogen-bond acceptors (Lipinski definition) is 5. The van der Waals surface area contributed by atoms with Gasteiger partial charge in [0.2, 0.25) is 0 Å². The van der Waals surface area contributed by atoms with E-state index in [2.05, 4.69) is 50.7 Å². The summed E-state index contributed by atoms with van der Waals surface area (Å²) in [4.78, 5) is 9.26. The number of nitrogens with zero attached hydrogens (tertiary/aromatic N) is 3. The molecule has 0 spiro atoms. The van der Waals surface area contributed by atoms with E-state index < -0.39 is 0 Å². The first-order chi connectivity index (χ1) is 14.2. The van der Waals surface area contributed by atoms with Gasteiger partial charge in [-0.2, -0.15) is 0 Å². The third kappa shape index (κ3) is 9.36. The number of aliphatic imine (C=N–C) groups is 1. The normalized spacial score (nSPS) is 15.7. The van der Waals surface area contributed by atoms with E-state index >= 15 is 0 Å². The van der Waals surface area contributed by atoms with E-state index in [-0.39, 0.29) is 24.0 Å². The topological polar surface area (TPSA) is 61.4 Å². The summed E-state index contributed by atoms with van der Waals surface area (Å²) < 4.78 is 10.6. The van der Waals surface area contributed by atoms with Crippen LogP contribution in [0.4, 0.5) is 0 Å². The highest BCUT2D eigenvalue weighted by Crippen LogP contribution is 2.27. The monoisotopic (exact) mass is 533 g/mol. The fourth-order valence-corrected chi connectivity index (χ4v) is 3.73. The summed E-state index contributed by atoms with van der Waals surface area (Å²) in [5.41, 5.74) is 1.28. The van der Waals surface area contributed by atoms with Gasteiger partial charge in [0.1, 0.15) is 5.75 Å². The van der Waals surface area contributed by atoms with Gasteiger partial charge in [0.15, 0.2) is 5.96 Å². The summed E-state index contributed by atoms with van der Waals surface area (Å²) in [5.74, 6) is 1.76. The van der Waals surface area contributed by atoms with E-state index in [4.69, 9.17) is 9.47 Å². The number of likely N-dealkylation sites (N-methyl/N-ethyl adjacent to an activating group) is 1. The Kier molecular flexibility index (Phi) is 14.1. The highest BCUT2D eigenvalue weighted by Gasteiger charge is 2.24. The number of rotatable bonds is 12. The fourth-order valence-electron chi connectivity index (χ4n) is 3.73. The summed E-state index contributed by atoms with van der Waals surface area (Å²) in [6, 6.07) is 8.72. The van der Waals surface area contributed by atoms with Gasteiger partial charge in [-0.1, -0.05) is 12.1 Å². The van der Waals surface area contributed by atoms with Gasteiger partial charge in [-0.05, 0) is 57.1 Å². The maximum atomic E-state index is 5.44. The highest BCUT2D eigenvalue weighted by molar-refractivity contribution is 14.0. The van der Waals surface area contributed by atoms with Crippen LogP contribution in [0.5, 0.6) is 5.75 Å². The predicted octanol–water partition coefficient (Wildman–Crippen LogP) is 2.58. The van der Waals surface area contributed by atoms with Crippen LogP contribution in [0.2, 0.25) is 0 Å². The van der Waals surface area contributed by atoms with Gasteiger partial charge in [0, 0.05) is 46.9 Å². The van der Waals surface area contributed by atoms with Crippen LogP contribution >= 0.6 is 24.0 Å². The van der Waals surface area contributed by atoms with Gasteiger partial charge in [-0.3, -0.25) is 9.89 Å². The Hall–Kier alpha value is -1.10. The minimum absolute atomic E-state index is 0. The van der Waals surface area contributed by atoms with Crippen LogP contribution in [0.15, 0.2) is 29.3 Å². The maximum absolute atomic E-state index is 5.44. The number of methoxy groups -OCH3 is 2. The standard InChI is InChI=1S/C22H39N5O2.HI/c1-23-22(24-11-15-26(2)12-8-16-28-3)25-18-21(27-13-5-6-14-27)19-9-7-10-20(17-19)29-4;/h7,9-10,17,21H,5-6,8,11-16,18H2,1-4H3,(H2,23,24,25);1H. The molecule has 8 heteroatoms. The minimum Gasteiger partial charge on any atom is -0.497 e. The van der Waals surface area contributed by atoms with Crippen molar-refractivity contribution in [2.45, 2.75) is 25.3 Å². The van der Waals surface area contributed by atoms with Gasteiger partial charge in [0.05, 0.1) is 13.2 Å².